The quantitative estimate of drug-likeness (QED) is 0.444. The molecule has 0 bridgehead atoms. The number of rotatable bonds is 8. The van der Waals surface area contributed by atoms with E-state index in [1.165, 1.54) is 0 Å². The SMILES string of the molecule is CCCCOCCOC(=O)c1ccc(OC)cc1N. The Kier molecular flexibility index (Phi) is 6.74. The van der Waals surface area contributed by atoms with Gasteiger partial charge in [-0.3, -0.25) is 0 Å². The van der Waals surface area contributed by atoms with E-state index in [4.69, 9.17) is 19.9 Å². The number of hydrogen-bond acceptors (Lipinski definition) is 5. The second-order valence-corrected chi connectivity index (χ2v) is 4.06. The third-order valence-electron chi connectivity index (χ3n) is 2.58. The zero-order chi connectivity index (χ0) is 14.1. The number of hydrogen-bond donors (Lipinski definition) is 1. The fourth-order valence-corrected chi connectivity index (χ4v) is 1.47. The molecule has 0 amide bonds. The average molecular weight is 267 g/mol. The third-order valence-corrected chi connectivity index (χ3v) is 2.58. The first kappa shape index (κ1) is 15.3. The number of nitrogen functional groups attached to an aromatic ring is 1. The van der Waals surface area contributed by atoms with Crippen molar-refractivity contribution in [3.63, 3.8) is 0 Å². The number of carbonyl (C=O) groups is 1. The van der Waals surface area contributed by atoms with Crippen molar-refractivity contribution in [2.24, 2.45) is 0 Å². The molecule has 0 saturated carbocycles. The number of benzene rings is 1. The minimum Gasteiger partial charge on any atom is -0.497 e. The molecule has 5 nitrogen and oxygen atoms in total. The van der Waals surface area contributed by atoms with Gasteiger partial charge in [0, 0.05) is 18.4 Å². The lowest BCUT2D eigenvalue weighted by Crippen LogP contribution is -2.13. The highest BCUT2D eigenvalue weighted by Crippen LogP contribution is 2.20. The Balaban J connectivity index is 2.37. The Morgan fingerprint density at radius 3 is 2.68 bits per heavy atom. The second kappa shape index (κ2) is 8.37. The number of anilines is 1. The number of esters is 1. The first-order valence-corrected chi connectivity index (χ1v) is 6.37. The number of nitrogens with two attached hydrogens (primary N) is 1. The van der Waals surface area contributed by atoms with E-state index in [-0.39, 0.29) is 6.61 Å². The summed E-state index contributed by atoms with van der Waals surface area (Å²) < 4.78 is 15.4. The van der Waals surface area contributed by atoms with Crippen molar-refractivity contribution in [3.05, 3.63) is 23.8 Å². The highest BCUT2D eigenvalue weighted by molar-refractivity contribution is 5.95. The lowest BCUT2D eigenvalue weighted by atomic mass is 10.2. The molecular formula is C14H21NO4. The summed E-state index contributed by atoms with van der Waals surface area (Å²) in [5.74, 6) is 0.163. The maximum Gasteiger partial charge on any atom is 0.340 e. The predicted molar refractivity (Wildman–Crippen MR) is 73.4 cm³/mol. The highest BCUT2D eigenvalue weighted by Gasteiger charge is 2.11. The monoisotopic (exact) mass is 267 g/mol. The molecule has 106 valence electrons. The maximum atomic E-state index is 11.8. The Labute approximate surface area is 113 Å². The van der Waals surface area contributed by atoms with Crippen LogP contribution in [0.3, 0.4) is 0 Å². The van der Waals surface area contributed by atoms with Gasteiger partial charge < -0.3 is 19.9 Å². The van der Waals surface area contributed by atoms with E-state index in [9.17, 15) is 4.79 Å². The van der Waals surface area contributed by atoms with Crippen LogP contribution in [0, 0.1) is 0 Å². The molecule has 19 heavy (non-hydrogen) atoms. The van der Waals surface area contributed by atoms with E-state index in [0.717, 1.165) is 12.8 Å². The van der Waals surface area contributed by atoms with Crippen LogP contribution in [0.25, 0.3) is 0 Å². The molecule has 5 heteroatoms. The standard InChI is InChI=1S/C14H21NO4/c1-3-4-7-18-8-9-19-14(16)12-6-5-11(17-2)10-13(12)15/h5-6,10H,3-4,7-9,15H2,1-2H3. The van der Waals surface area contributed by atoms with Gasteiger partial charge >= 0.3 is 5.97 Å². The Hall–Kier alpha value is -1.75. The van der Waals surface area contributed by atoms with Crippen molar-refractivity contribution in [1.29, 1.82) is 0 Å². The van der Waals surface area contributed by atoms with E-state index < -0.39 is 5.97 Å². The molecule has 0 spiro atoms. The third kappa shape index (κ3) is 5.18. The van der Waals surface area contributed by atoms with Crippen LogP contribution in [-0.4, -0.2) is 32.9 Å². The van der Waals surface area contributed by atoms with Crippen molar-refractivity contribution >= 4 is 11.7 Å². The van der Waals surface area contributed by atoms with E-state index in [1.807, 2.05) is 0 Å². The molecule has 1 aromatic carbocycles. The van der Waals surface area contributed by atoms with Crippen molar-refractivity contribution in [1.82, 2.24) is 0 Å². The van der Waals surface area contributed by atoms with Gasteiger partial charge in [0.1, 0.15) is 12.4 Å². The van der Waals surface area contributed by atoms with Crippen LogP contribution in [0.15, 0.2) is 18.2 Å². The molecule has 0 radical (unpaired) electrons. The van der Waals surface area contributed by atoms with Crippen LogP contribution in [0.4, 0.5) is 5.69 Å². The fourth-order valence-electron chi connectivity index (χ4n) is 1.47. The van der Waals surface area contributed by atoms with Gasteiger partial charge in [-0.25, -0.2) is 4.79 Å². The maximum absolute atomic E-state index is 11.8. The normalized spacial score (nSPS) is 10.2. The minimum absolute atomic E-state index is 0.230. The number of ether oxygens (including phenoxy) is 3. The van der Waals surface area contributed by atoms with Crippen LogP contribution in [0.5, 0.6) is 5.75 Å². The smallest absolute Gasteiger partial charge is 0.340 e. The minimum atomic E-state index is -0.445. The summed E-state index contributed by atoms with van der Waals surface area (Å²) in [5.41, 5.74) is 6.44. The molecule has 0 unspecified atom stereocenters. The van der Waals surface area contributed by atoms with Crippen molar-refractivity contribution < 1.29 is 19.0 Å². The molecule has 0 heterocycles. The molecule has 2 N–H and O–H groups in total. The Bertz CT molecular complexity index is 406. The lowest BCUT2D eigenvalue weighted by Gasteiger charge is -2.08. The zero-order valence-electron chi connectivity index (χ0n) is 11.5. The summed E-state index contributed by atoms with van der Waals surface area (Å²) >= 11 is 0. The number of methoxy groups -OCH3 is 1. The van der Waals surface area contributed by atoms with E-state index in [1.54, 1.807) is 25.3 Å². The molecule has 0 saturated heterocycles. The number of unbranched alkanes of at least 4 members (excludes halogenated alkanes) is 1. The topological polar surface area (TPSA) is 70.8 Å². The summed E-state index contributed by atoms with van der Waals surface area (Å²) in [6.45, 7) is 3.42. The average Bonchev–Trinajstić information content (AvgIpc) is 2.42. The predicted octanol–water partition coefficient (Wildman–Crippen LogP) is 2.25. The highest BCUT2D eigenvalue weighted by atomic mass is 16.6. The summed E-state index contributed by atoms with van der Waals surface area (Å²) in [5, 5.41) is 0. The van der Waals surface area contributed by atoms with Gasteiger partial charge in [-0.15, -0.1) is 0 Å². The van der Waals surface area contributed by atoms with Gasteiger partial charge in [-0.05, 0) is 18.6 Å². The first-order valence-electron chi connectivity index (χ1n) is 6.37. The van der Waals surface area contributed by atoms with Gasteiger partial charge in [0.2, 0.25) is 0 Å². The van der Waals surface area contributed by atoms with Crippen molar-refractivity contribution in [2.45, 2.75) is 19.8 Å². The Morgan fingerprint density at radius 2 is 2.05 bits per heavy atom. The van der Waals surface area contributed by atoms with E-state index >= 15 is 0 Å². The summed E-state index contributed by atoms with van der Waals surface area (Å²) in [4.78, 5) is 11.8. The molecular weight excluding hydrogens is 246 g/mol. The summed E-state index contributed by atoms with van der Waals surface area (Å²) in [6.07, 6.45) is 2.10. The van der Waals surface area contributed by atoms with Gasteiger partial charge in [0.05, 0.1) is 19.3 Å². The van der Waals surface area contributed by atoms with Crippen LogP contribution in [0.2, 0.25) is 0 Å². The number of carbonyl (C=O) groups excluding carboxylic acids is 1. The van der Waals surface area contributed by atoms with E-state index in [0.29, 0.717) is 30.2 Å². The summed E-state index contributed by atoms with van der Waals surface area (Å²) in [7, 11) is 1.54. The molecule has 0 aliphatic carbocycles. The zero-order valence-corrected chi connectivity index (χ0v) is 11.5. The molecule has 0 aromatic heterocycles. The molecule has 0 aliphatic heterocycles. The molecule has 0 atom stereocenters. The van der Waals surface area contributed by atoms with Crippen molar-refractivity contribution in [2.75, 3.05) is 32.7 Å². The van der Waals surface area contributed by atoms with Gasteiger partial charge in [0.15, 0.2) is 0 Å². The van der Waals surface area contributed by atoms with Crippen LogP contribution >= 0.6 is 0 Å². The van der Waals surface area contributed by atoms with Gasteiger partial charge in [-0.1, -0.05) is 13.3 Å². The van der Waals surface area contributed by atoms with Crippen LogP contribution in [0.1, 0.15) is 30.1 Å². The van der Waals surface area contributed by atoms with E-state index in [2.05, 4.69) is 6.92 Å². The van der Waals surface area contributed by atoms with Crippen LogP contribution < -0.4 is 10.5 Å². The molecule has 1 aromatic rings. The van der Waals surface area contributed by atoms with Crippen molar-refractivity contribution in [3.8, 4) is 5.75 Å². The lowest BCUT2D eigenvalue weighted by molar-refractivity contribution is 0.0315. The summed E-state index contributed by atoms with van der Waals surface area (Å²) in [6, 6.07) is 4.85. The van der Waals surface area contributed by atoms with Crippen LogP contribution in [-0.2, 0) is 9.47 Å². The van der Waals surface area contributed by atoms with Gasteiger partial charge in [0.25, 0.3) is 0 Å². The molecule has 0 aliphatic rings. The Morgan fingerprint density at radius 1 is 1.26 bits per heavy atom. The molecule has 1 rings (SSSR count). The fraction of sp³-hybridized carbons (Fsp3) is 0.500. The first-order chi connectivity index (χ1) is 9.19. The second-order valence-electron chi connectivity index (χ2n) is 4.06. The largest absolute Gasteiger partial charge is 0.497 e. The van der Waals surface area contributed by atoms with Gasteiger partial charge in [-0.2, -0.15) is 0 Å². The molecule has 0 fully saturated rings.